The predicted molar refractivity (Wildman–Crippen MR) is 78.6 cm³/mol. The molecule has 0 bridgehead atoms. The summed E-state index contributed by atoms with van der Waals surface area (Å²) in [5.41, 5.74) is 5.31. The van der Waals surface area contributed by atoms with E-state index in [1.807, 2.05) is 0 Å². The molecule has 0 atom stereocenters. The molecule has 5 heteroatoms. The Morgan fingerprint density at radius 3 is 2.15 bits per heavy atom. The van der Waals surface area contributed by atoms with Gasteiger partial charge in [-0.2, -0.15) is 0 Å². The molecule has 5 nitrogen and oxygen atoms in total. The Morgan fingerprint density at radius 1 is 1.05 bits per heavy atom. The molecule has 4 N–H and O–H groups in total. The van der Waals surface area contributed by atoms with Gasteiger partial charge in [0.1, 0.15) is 5.54 Å². The minimum Gasteiger partial charge on any atom is -0.409 e. The molecule has 0 aliphatic heterocycles. The van der Waals surface area contributed by atoms with Gasteiger partial charge in [-0.25, -0.2) is 0 Å². The van der Waals surface area contributed by atoms with Gasteiger partial charge < -0.3 is 16.3 Å². The van der Waals surface area contributed by atoms with Crippen LogP contribution in [0.25, 0.3) is 0 Å². The van der Waals surface area contributed by atoms with Crippen LogP contribution in [-0.4, -0.2) is 22.5 Å². The van der Waals surface area contributed by atoms with Crippen molar-refractivity contribution in [2.45, 2.75) is 76.2 Å². The first-order valence-corrected chi connectivity index (χ1v) is 7.98. The fourth-order valence-corrected chi connectivity index (χ4v) is 3.58. The Balaban J connectivity index is 2.10. The smallest absolute Gasteiger partial charge is 0.223 e. The van der Waals surface area contributed by atoms with Gasteiger partial charge in [0, 0.05) is 5.92 Å². The number of nitrogens with two attached hydrogens (primary N) is 1. The molecule has 20 heavy (non-hydrogen) atoms. The zero-order valence-corrected chi connectivity index (χ0v) is 12.2. The molecule has 0 aromatic carbocycles. The molecule has 0 aromatic rings. The third kappa shape index (κ3) is 3.44. The highest BCUT2D eigenvalue weighted by molar-refractivity contribution is 5.94. The maximum absolute atomic E-state index is 12.4. The number of nitrogens with zero attached hydrogens (tertiary/aromatic N) is 1. The standard InChI is InChI=1S/C15H27N3O2/c16-14(18-20)15(10-6-2-1-3-7-11-15)17-13(19)12-8-4-5-9-12/h12,20H,1-11H2,(H2,16,18)(H,17,19). The fraction of sp³-hybridized carbons (Fsp3) is 0.867. The van der Waals surface area contributed by atoms with E-state index < -0.39 is 5.54 Å². The zero-order chi connectivity index (χ0) is 14.4. The SMILES string of the molecule is N/C(=N/O)C1(NC(=O)C2CCCC2)CCCCCCC1. The molecule has 2 rings (SSSR count). The molecule has 0 radical (unpaired) electrons. The van der Waals surface area contributed by atoms with E-state index >= 15 is 0 Å². The lowest BCUT2D eigenvalue weighted by molar-refractivity contribution is -0.126. The Labute approximate surface area is 121 Å². The topological polar surface area (TPSA) is 87.7 Å². The van der Waals surface area contributed by atoms with E-state index in [0.29, 0.717) is 0 Å². The number of nitrogens with one attached hydrogen (secondary N) is 1. The number of amidine groups is 1. The molecule has 0 unspecified atom stereocenters. The van der Waals surface area contributed by atoms with Crippen molar-refractivity contribution >= 4 is 11.7 Å². The normalized spacial score (nSPS) is 24.9. The van der Waals surface area contributed by atoms with E-state index in [2.05, 4.69) is 10.5 Å². The molecule has 2 aliphatic rings. The van der Waals surface area contributed by atoms with Gasteiger partial charge in [-0.3, -0.25) is 4.79 Å². The van der Waals surface area contributed by atoms with Gasteiger partial charge >= 0.3 is 0 Å². The van der Waals surface area contributed by atoms with Crippen LogP contribution >= 0.6 is 0 Å². The Morgan fingerprint density at radius 2 is 1.60 bits per heavy atom. The largest absolute Gasteiger partial charge is 0.409 e. The second kappa shape index (κ2) is 6.95. The van der Waals surface area contributed by atoms with Crippen LogP contribution in [0.4, 0.5) is 0 Å². The van der Waals surface area contributed by atoms with Crippen molar-refractivity contribution in [3.8, 4) is 0 Å². The van der Waals surface area contributed by atoms with Gasteiger partial charge in [-0.15, -0.1) is 0 Å². The summed E-state index contributed by atoms with van der Waals surface area (Å²) in [6.45, 7) is 0. The lowest BCUT2D eigenvalue weighted by Crippen LogP contribution is -2.58. The summed E-state index contributed by atoms with van der Waals surface area (Å²) in [7, 11) is 0. The number of amides is 1. The third-order valence-electron chi connectivity index (χ3n) is 4.89. The minimum atomic E-state index is -0.630. The molecule has 0 spiro atoms. The second-order valence-corrected chi connectivity index (χ2v) is 6.31. The summed E-state index contributed by atoms with van der Waals surface area (Å²) in [6.07, 6.45) is 11.3. The average molecular weight is 281 g/mol. The van der Waals surface area contributed by atoms with Gasteiger partial charge in [-0.05, 0) is 25.7 Å². The summed E-state index contributed by atoms with van der Waals surface area (Å²) in [5, 5.41) is 15.5. The highest BCUT2D eigenvalue weighted by atomic mass is 16.4. The molecular weight excluding hydrogens is 254 g/mol. The van der Waals surface area contributed by atoms with Crippen molar-refractivity contribution in [3.63, 3.8) is 0 Å². The van der Waals surface area contributed by atoms with E-state index in [1.54, 1.807) is 0 Å². The zero-order valence-electron chi connectivity index (χ0n) is 12.2. The number of rotatable bonds is 3. The molecule has 0 saturated heterocycles. The quantitative estimate of drug-likeness (QED) is 0.321. The van der Waals surface area contributed by atoms with Crippen LogP contribution in [0.2, 0.25) is 0 Å². The third-order valence-corrected chi connectivity index (χ3v) is 4.89. The van der Waals surface area contributed by atoms with E-state index in [9.17, 15) is 4.79 Å². The molecule has 0 aromatic heterocycles. The molecule has 1 amide bonds. The first-order chi connectivity index (χ1) is 9.68. The Kier molecular flexibility index (Phi) is 5.26. The minimum absolute atomic E-state index is 0.0923. The molecule has 114 valence electrons. The van der Waals surface area contributed by atoms with Crippen LogP contribution < -0.4 is 11.1 Å². The number of carbonyl (C=O) groups excluding carboxylic acids is 1. The number of oxime groups is 1. The summed E-state index contributed by atoms with van der Waals surface area (Å²) in [4.78, 5) is 12.4. The van der Waals surface area contributed by atoms with Crippen LogP contribution in [0.1, 0.15) is 70.6 Å². The van der Waals surface area contributed by atoms with Crippen LogP contribution in [0, 0.1) is 5.92 Å². The van der Waals surface area contributed by atoms with Crippen LogP contribution in [-0.2, 0) is 4.79 Å². The second-order valence-electron chi connectivity index (χ2n) is 6.31. The van der Waals surface area contributed by atoms with E-state index in [4.69, 9.17) is 10.9 Å². The van der Waals surface area contributed by atoms with Crippen molar-refractivity contribution in [1.29, 1.82) is 0 Å². The monoisotopic (exact) mass is 281 g/mol. The van der Waals surface area contributed by atoms with Gasteiger partial charge in [0.05, 0.1) is 0 Å². The van der Waals surface area contributed by atoms with Crippen molar-refractivity contribution < 1.29 is 10.0 Å². The number of hydrogen-bond acceptors (Lipinski definition) is 3. The van der Waals surface area contributed by atoms with Crippen molar-refractivity contribution in [2.24, 2.45) is 16.8 Å². The fourth-order valence-electron chi connectivity index (χ4n) is 3.58. The van der Waals surface area contributed by atoms with Crippen LogP contribution in [0.3, 0.4) is 0 Å². The maximum Gasteiger partial charge on any atom is 0.223 e. The van der Waals surface area contributed by atoms with Crippen LogP contribution in [0.5, 0.6) is 0 Å². The first kappa shape index (κ1) is 15.1. The average Bonchev–Trinajstić information content (AvgIpc) is 2.95. The van der Waals surface area contributed by atoms with E-state index in [-0.39, 0.29) is 17.7 Å². The van der Waals surface area contributed by atoms with Gasteiger partial charge in [-0.1, -0.05) is 50.1 Å². The summed E-state index contributed by atoms with van der Waals surface area (Å²) >= 11 is 0. The predicted octanol–water partition coefficient (Wildman–Crippen LogP) is 2.52. The van der Waals surface area contributed by atoms with Crippen molar-refractivity contribution in [2.75, 3.05) is 0 Å². The van der Waals surface area contributed by atoms with Crippen molar-refractivity contribution in [3.05, 3.63) is 0 Å². The molecule has 2 aliphatic carbocycles. The molecule has 2 saturated carbocycles. The Bertz CT molecular complexity index is 354. The van der Waals surface area contributed by atoms with Gasteiger partial charge in [0.25, 0.3) is 0 Å². The van der Waals surface area contributed by atoms with Crippen molar-refractivity contribution in [1.82, 2.24) is 5.32 Å². The summed E-state index contributed by atoms with van der Waals surface area (Å²) < 4.78 is 0. The van der Waals surface area contributed by atoms with Crippen LogP contribution in [0.15, 0.2) is 5.16 Å². The highest BCUT2D eigenvalue weighted by Crippen LogP contribution is 2.30. The van der Waals surface area contributed by atoms with Gasteiger partial charge in [0.15, 0.2) is 5.84 Å². The number of carbonyl (C=O) groups is 1. The molecule has 2 fully saturated rings. The van der Waals surface area contributed by atoms with E-state index in [0.717, 1.165) is 64.2 Å². The van der Waals surface area contributed by atoms with Gasteiger partial charge in [0.2, 0.25) is 5.91 Å². The highest BCUT2D eigenvalue weighted by Gasteiger charge is 2.38. The maximum atomic E-state index is 12.4. The summed E-state index contributed by atoms with van der Waals surface area (Å²) in [6, 6.07) is 0. The number of hydrogen-bond donors (Lipinski definition) is 3. The van der Waals surface area contributed by atoms with E-state index in [1.165, 1.54) is 6.42 Å². The molecule has 0 heterocycles. The molecular formula is C15H27N3O2. The lowest BCUT2D eigenvalue weighted by atomic mass is 9.82. The first-order valence-electron chi connectivity index (χ1n) is 7.98. The Hall–Kier alpha value is -1.26. The lowest BCUT2D eigenvalue weighted by Gasteiger charge is -2.36. The summed E-state index contributed by atoms with van der Waals surface area (Å²) in [5.74, 6) is 0.379.